The lowest BCUT2D eigenvalue weighted by molar-refractivity contribution is 0.524. The van der Waals surface area contributed by atoms with Crippen LogP contribution in [0, 0.1) is 0 Å². The molecule has 6 nitrogen and oxygen atoms in total. The van der Waals surface area contributed by atoms with Crippen LogP contribution in [0.4, 0.5) is 17.2 Å². The molecule has 140 valence electrons. The molecule has 0 saturated carbocycles. The zero-order valence-electron chi connectivity index (χ0n) is 15.5. The fraction of sp³-hybridized carbons (Fsp3) is 0.421. The van der Waals surface area contributed by atoms with Crippen LogP contribution in [0.2, 0.25) is 0 Å². The molecule has 0 amide bonds. The highest BCUT2D eigenvalue weighted by molar-refractivity contribution is 7.90. The summed E-state index contributed by atoms with van der Waals surface area (Å²) in [7, 11) is 0.784. The van der Waals surface area contributed by atoms with Crippen LogP contribution in [-0.2, 0) is 9.84 Å². The van der Waals surface area contributed by atoms with Gasteiger partial charge >= 0.3 is 0 Å². The number of nitrogens with one attached hydrogen (secondary N) is 1. The van der Waals surface area contributed by atoms with Crippen molar-refractivity contribution in [2.45, 2.75) is 23.8 Å². The average molecular weight is 375 g/mol. The van der Waals surface area contributed by atoms with E-state index in [1.165, 1.54) is 17.6 Å². The molecule has 2 heterocycles. The Labute approximate surface area is 155 Å². The molecule has 1 aliphatic heterocycles. The molecule has 0 unspecified atom stereocenters. The van der Waals surface area contributed by atoms with E-state index in [1.807, 2.05) is 14.1 Å². The van der Waals surface area contributed by atoms with Gasteiger partial charge < -0.3 is 15.1 Å². The number of rotatable bonds is 5. The lowest BCUT2D eigenvalue weighted by Crippen LogP contribution is -2.39. The molecule has 0 atom stereocenters. The Morgan fingerprint density at radius 2 is 1.77 bits per heavy atom. The topological polar surface area (TPSA) is 65.5 Å². The van der Waals surface area contributed by atoms with Crippen LogP contribution in [0.25, 0.3) is 0 Å². The van der Waals surface area contributed by atoms with Gasteiger partial charge in [0.05, 0.1) is 0 Å². The summed E-state index contributed by atoms with van der Waals surface area (Å²) in [5.74, 6) is 0.462. The van der Waals surface area contributed by atoms with Crippen molar-refractivity contribution in [2.75, 3.05) is 48.6 Å². The van der Waals surface area contributed by atoms with Crippen LogP contribution in [-0.4, -0.2) is 52.9 Å². The van der Waals surface area contributed by atoms with Gasteiger partial charge in [-0.1, -0.05) is 0 Å². The van der Waals surface area contributed by atoms with Gasteiger partial charge in [-0.2, -0.15) is 0 Å². The van der Waals surface area contributed by atoms with E-state index in [9.17, 15) is 8.42 Å². The minimum Gasteiger partial charge on any atom is -0.378 e. The fourth-order valence-corrected chi connectivity index (χ4v) is 4.02. The molecule has 1 aliphatic rings. The van der Waals surface area contributed by atoms with Gasteiger partial charge in [0.15, 0.2) is 9.84 Å². The Hall–Kier alpha value is -2.28. The number of nitrogens with zero attached hydrogens (tertiary/aromatic N) is 3. The molecule has 7 heteroatoms. The third-order valence-electron chi connectivity index (χ3n) is 4.74. The molecule has 1 aromatic heterocycles. The summed E-state index contributed by atoms with van der Waals surface area (Å²) in [4.78, 5) is 8.96. The number of pyridine rings is 1. The number of hydrogen-bond acceptors (Lipinski definition) is 6. The fourth-order valence-electron chi connectivity index (χ4n) is 3.24. The lowest BCUT2D eigenvalue weighted by Gasteiger charge is -2.34. The number of hydrogen-bond donors (Lipinski definition) is 1. The van der Waals surface area contributed by atoms with Gasteiger partial charge in [-0.25, -0.2) is 13.4 Å². The summed E-state index contributed by atoms with van der Waals surface area (Å²) in [5.41, 5.74) is 2.41. The predicted molar refractivity (Wildman–Crippen MR) is 107 cm³/mol. The molecular formula is C19H26N4O2S. The highest BCUT2D eigenvalue weighted by atomic mass is 32.2. The van der Waals surface area contributed by atoms with Gasteiger partial charge in [-0.3, -0.25) is 0 Å². The van der Waals surface area contributed by atoms with Gasteiger partial charge in [0, 0.05) is 57.1 Å². The Balaban J connectivity index is 1.63. The highest BCUT2D eigenvalue weighted by Gasteiger charge is 2.22. The first-order valence-corrected chi connectivity index (χ1v) is 10.7. The van der Waals surface area contributed by atoms with E-state index in [1.54, 1.807) is 18.3 Å². The number of aromatic nitrogens is 1. The van der Waals surface area contributed by atoms with Crippen molar-refractivity contribution in [3.63, 3.8) is 0 Å². The second-order valence-corrected chi connectivity index (χ2v) is 8.92. The molecule has 2 aromatic rings. The van der Waals surface area contributed by atoms with Crippen LogP contribution < -0.4 is 15.1 Å². The minimum atomic E-state index is -3.29. The number of benzene rings is 1. The Morgan fingerprint density at radius 1 is 1.12 bits per heavy atom. The van der Waals surface area contributed by atoms with Crippen molar-refractivity contribution < 1.29 is 8.42 Å². The molecule has 1 N–H and O–H groups in total. The van der Waals surface area contributed by atoms with Crippen molar-refractivity contribution in [3.05, 3.63) is 42.6 Å². The first-order chi connectivity index (χ1) is 12.3. The second kappa shape index (κ2) is 7.53. The molecule has 0 bridgehead atoms. The van der Waals surface area contributed by atoms with Crippen LogP contribution in [0.5, 0.6) is 0 Å². The van der Waals surface area contributed by atoms with Gasteiger partial charge in [-0.05, 0) is 49.2 Å². The second-order valence-electron chi connectivity index (χ2n) is 6.94. The maximum atomic E-state index is 11.9. The van der Waals surface area contributed by atoms with E-state index in [0.29, 0.717) is 5.82 Å². The average Bonchev–Trinajstić information content (AvgIpc) is 2.62. The van der Waals surface area contributed by atoms with Crippen molar-refractivity contribution in [2.24, 2.45) is 0 Å². The van der Waals surface area contributed by atoms with E-state index in [0.717, 1.165) is 25.9 Å². The maximum Gasteiger partial charge on any atom is 0.179 e. The van der Waals surface area contributed by atoms with Gasteiger partial charge in [0.1, 0.15) is 10.7 Å². The zero-order valence-corrected chi connectivity index (χ0v) is 16.3. The molecule has 0 radical (unpaired) electrons. The van der Waals surface area contributed by atoms with Crippen molar-refractivity contribution >= 4 is 27.0 Å². The molecule has 3 rings (SSSR count). The van der Waals surface area contributed by atoms with E-state index in [4.69, 9.17) is 0 Å². The van der Waals surface area contributed by atoms with Gasteiger partial charge in [-0.15, -0.1) is 0 Å². The normalized spacial score (nSPS) is 15.7. The quantitative estimate of drug-likeness (QED) is 0.868. The summed E-state index contributed by atoms with van der Waals surface area (Å²) in [6, 6.07) is 12.1. The number of anilines is 3. The van der Waals surface area contributed by atoms with Crippen LogP contribution in [0.3, 0.4) is 0 Å². The first kappa shape index (κ1) is 18.5. The molecule has 1 fully saturated rings. The van der Waals surface area contributed by atoms with Crippen molar-refractivity contribution in [3.8, 4) is 0 Å². The Bertz CT molecular complexity index is 842. The van der Waals surface area contributed by atoms with Crippen LogP contribution in [0.1, 0.15) is 12.8 Å². The Kier molecular flexibility index (Phi) is 5.36. The van der Waals surface area contributed by atoms with E-state index in [2.05, 4.69) is 44.4 Å². The highest BCUT2D eigenvalue weighted by Crippen LogP contribution is 2.25. The third-order valence-corrected chi connectivity index (χ3v) is 5.87. The standard InChI is InChI=1S/C19H26N4O2S/c1-22(2)16-6-8-17(9-7-16)23-13-10-15(11-14-23)21-19-18(26(3,24)25)5-4-12-20-19/h4-9,12,15H,10-11,13-14H2,1-3H3,(H,20,21). The summed E-state index contributed by atoms with van der Waals surface area (Å²) in [6.07, 6.45) is 4.72. The molecule has 26 heavy (non-hydrogen) atoms. The summed E-state index contributed by atoms with van der Waals surface area (Å²) in [6.45, 7) is 1.86. The summed E-state index contributed by atoms with van der Waals surface area (Å²) >= 11 is 0. The van der Waals surface area contributed by atoms with Crippen molar-refractivity contribution in [1.82, 2.24) is 4.98 Å². The van der Waals surface area contributed by atoms with Gasteiger partial charge in [0.2, 0.25) is 0 Å². The molecular weight excluding hydrogens is 348 g/mol. The largest absolute Gasteiger partial charge is 0.378 e. The first-order valence-electron chi connectivity index (χ1n) is 8.78. The smallest absolute Gasteiger partial charge is 0.179 e. The van der Waals surface area contributed by atoms with Crippen LogP contribution >= 0.6 is 0 Å². The number of sulfone groups is 1. The minimum absolute atomic E-state index is 0.225. The monoisotopic (exact) mass is 374 g/mol. The maximum absolute atomic E-state index is 11.9. The lowest BCUT2D eigenvalue weighted by atomic mass is 10.0. The molecule has 1 saturated heterocycles. The third kappa shape index (κ3) is 4.27. The predicted octanol–water partition coefficient (Wildman–Crippen LogP) is 2.63. The van der Waals surface area contributed by atoms with Gasteiger partial charge in [0.25, 0.3) is 0 Å². The van der Waals surface area contributed by atoms with Crippen LogP contribution in [0.15, 0.2) is 47.5 Å². The van der Waals surface area contributed by atoms with E-state index >= 15 is 0 Å². The Morgan fingerprint density at radius 3 is 2.35 bits per heavy atom. The molecule has 1 aromatic carbocycles. The van der Waals surface area contributed by atoms with E-state index < -0.39 is 9.84 Å². The summed E-state index contributed by atoms with van der Waals surface area (Å²) < 4.78 is 23.8. The molecule has 0 aliphatic carbocycles. The van der Waals surface area contributed by atoms with E-state index in [-0.39, 0.29) is 10.9 Å². The SMILES string of the molecule is CN(C)c1ccc(N2CCC(Nc3ncccc3S(C)(=O)=O)CC2)cc1. The number of piperidine rings is 1. The van der Waals surface area contributed by atoms with Crippen molar-refractivity contribution in [1.29, 1.82) is 0 Å². The zero-order chi connectivity index (χ0) is 18.7. The molecule has 0 spiro atoms. The summed E-state index contributed by atoms with van der Waals surface area (Å²) in [5, 5.41) is 3.33.